The minimum absolute atomic E-state index is 0.114. The molecule has 1 aromatic carbocycles. The first-order valence-corrected chi connectivity index (χ1v) is 7.09. The van der Waals surface area contributed by atoms with Crippen molar-refractivity contribution in [2.45, 2.75) is 31.3 Å². The minimum atomic E-state index is -0.840. The van der Waals surface area contributed by atoms with Gasteiger partial charge >= 0.3 is 0 Å². The lowest BCUT2D eigenvalue weighted by Gasteiger charge is -2.23. The van der Waals surface area contributed by atoms with Gasteiger partial charge in [0.25, 0.3) is 5.69 Å². The van der Waals surface area contributed by atoms with E-state index < -0.39 is 16.3 Å². The molecule has 2 N–H and O–H groups in total. The monoisotopic (exact) mass is 380 g/mol. The van der Waals surface area contributed by atoms with Crippen LogP contribution in [0, 0.1) is 19.5 Å². The van der Waals surface area contributed by atoms with E-state index in [1.54, 1.807) is 22.6 Å². The zero-order valence-corrected chi connectivity index (χ0v) is 12.3. The molecule has 0 bridgehead atoms. The Balaban J connectivity index is 2.19. The van der Waals surface area contributed by atoms with Crippen LogP contribution in [0.4, 0.5) is 15.8 Å². The number of nitrogens with one attached hydrogen (secondary N) is 1. The van der Waals surface area contributed by atoms with Gasteiger partial charge in [-0.3, -0.25) is 10.1 Å². The summed E-state index contributed by atoms with van der Waals surface area (Å²) in [6.07, 6.45) is 3.23. The van der Waals surface area contributed by atoms with Crippen molar-refractivity contribution in [1.82, 2.24) is 0 Å². The SMILES string of the molecule is O=[N+]([O-])c1cc(I)c(F)cc1NCC1(O)CCCC1. The van der Waals surface area contributed by atoms with Crippen LogP contribution in [-0.2, 0) is 0 Å². The van der Waals surface area contributed by atoms with Gasteiger partial charge in [-0.15, -0.1) is 0 Å². The van der Waals surface area contributed by atoms with Gasteiger partial charge in [-0.05, 0) is 35.4 Å². The Bertz CT molecular complexity index is 504. The van der Waals surface area contributed by atoms with E-state index in [0.717, 1.165) is 18.9 Å². The third-order valence-corrected chi connectivity index (χ3v) is 4.20. The van der Waals surface area contributed by atoms with Crippen LogP contribution in [0.3, 0.4) is 0 Å². The zero-order chi connectivity index (χ0) is 14.0. The van der Waals surface area contributed by atoms with Gasteiger partial charge in [0.2, 0.25) is 0 Å². The molecule has 5 nitrogen and oxygen atoms in total. The van der Waals surface area contributed by atoms with Crippen molar-refractivity contribution in [1.29, 1.82) is 0 Å². The minimum Gasteiger partial charge on any atom is -0.388 e. The van der Waals surface area contributed by atoms with E-state index in [4.69, 9.17) is 0 Å². The van der Waals surface area contributed by atoms with Gasteiger partial charge < -0.3 is 10.4 Å². The summed E-state index contributed by atoms with van der Waals surface area (Å²) in [5, 5.41) is 23.9. The van der Waals surface area contributed by atoms with E-state index in [9.17, 15) is 19.6 Å². The second-order valence-electron chi connectivity index (χ2n) is 4.83. The number of anilines is 1. The number of hydrogen-bond acceptors (Lipinski definition) is 4. The number of halogens is 2. The predicted molar refractivity (Wildman–Crippen MR) is 77.7 cm³/mol. The molecule has 0 unspecified atom stereocenters. The topological polar surface area (TPSA) is 75.4 Å². The number of aliphatic hydroxyl groups is 1. The van der Waals surface area contributed by atoms with Gasteiger partial charge in [-0.1, -0.05) is 12.8 Å². The fourth-order valence-electron chi connectivity index (χ4n) is 2.30. The summed E-state index contributed by atoms with van der Waals surface area (Å²) in [5.74, 6) is -0.507. The second kappa shape index (κ2) is 5.58. The lowest BCUT2D eigenvalue weighted by molar-refractivity contribution is -0.384. The molecule has 19 heavy (non-hydrogen) atoms. The summed E-state index contributed by atoms with van der Waals surface area (Å²) in [4.78, 5) is 10.4. The summed E-state index contributed by atoms with van der Waals surface area (Å²) in [5.41, 5.74) is -0.900. The van der Waals surface area contributed by atoms with Crippen molar-refractivity contribution < 1.29 is 14.4 Å². The normalized spacial score (nSPS) is 17.4. The summed E-state index contributed by atoms with van der Waals surface area (Å²) in [6, 6.07) is 2.30. The van der Waals surface area contributed by atoms with Crippen LogP contribution in [-0.4, -0.2) is 22.2 Å². The van der Waals surface area contributed by atoms with E-state index in [2.05, 4.69) is 5.32 Å². The average Bonchev–Trinajstić information content (AvgIpc) is 2.77. The first-order valence-electron chi connectivity index (χ1n) is 6.01. The van der Waals surface area contributed by atoms with Gasteiger partial charge in [-0.2, -0.15) is 0 Å². The number of benzene rings is 1. The van der Waals surface area contributed by atoms with Crippen LogP contribution >= 0.6 is 22.6 Å². The Kier molecular flexibility index (Phi) is 4.24. The summed E-state index contributed by atoms with van der Waals surface area (Å²) in [6.45, 7) is 0.202. The summed E-state index contributed by atoms with van der Waals surface area (Å²) >= 11 is 1.71. The van der Waals surface area contributed by atoms with E-state index in [1.165, 1.54) is 6.07 Å². The number of nitro benzene ring substituents is 1. The van der Waals surface area contributed by atoms with Gasteiger partial charge in [0, 0.05) is 18.7 Å². The zero-order valence-electron chi connectivity index (χ0n) is 10.2. The second-order valence-corrected chi connectivity index (χ2v) is 5.99. The first kappa shape index (κ1) is 14.4. The molecule has 0 amide bonds. The Morgan fingerprint density at radius 3 is 2.68 bits per heavy atom. The molecule has 0 saturated heterocycles. The van der Waals surface area contributed by atoms with Crippen molar-refractivity contribution in [3.63, 3.8) is 0 Å². The van der Waals surface area contributed by atoms with E-state index in [0.29, 0.717) is 12.8 Å². The molecule has 0 aromatic heterocycles. The predicted octanol–water partition coefficient (Wildman–Crippen LogP) is 3.06. The van der Waals surface area contributed by atoms with Crippen molar-refractivity contribution in [2.75, 3.05) is 11.9 Å². The number of hydrogen-bond donors (Lipinski definition) is 2. The van der Waals surface area contributed by atoms with Crippen LogP contribution in [0.2, 0.25) is 0 Å². The quantitative estimate of drug-likeness (QED) is 0.478. The van der Waals surface area contributed by atoms with Gasteiger partial charge in [0.05, 0.1) is 14.1 Å². The summed E-state index contributed by atoms with van der Waals surface area (Å²) in [7, 11) is 0. The molecule has 0 heterocycles. The van der Waals surface area contributed by atoms with E-state index in [-0.39, 0.29) is 21.5 Å². The Hall–Kier alpha value is -0.960. The average molecular weight is 380 g/mol. The molecule has 1 aliphatic carbocycles. The molecule has 1 saturated carbocycles. The van der Waals surface area contributed by atoms with Gasteiger partial charge in [0.1, 0.15) is 11.5 Å². The van der Waals surface area contributed by atoms with Crippen LogP contribution < -0.4 is 5.32 Å². The molecule has 1 aromatic rings. The number of nitrogens with zero attached hydrogens (tertiary/aromatic N) is 1. The smallest absolute Gasteiger partial charge is 0.293 e. The van der Waals surface area contributed by atoms with Crippen LogP contribution in [0.5, 0.6) is 0 Å². The molecule has 0 atom stereocenters. The lowest BCUT2D eigenvalue weighted by Crippen LogP contribution is -2.33. The van der Waals surface area contributed by atoms with Crippen molar-refractivity contribution in [3.05, 3.63) is 31.6 Å². The number of nitro groups is 1. The van der Waals surface area contributed by atoms with Crippen LogP contribution in [0.25, 0.3) is 0 Å². The maximum Gasteiger partial charge on any atom is 0.293 e. The standard InChI is InChI=1S/C12H14FIN2O3/c13-8-5-10(11(16(18)19)6-9(8)14)15-7-12(17)3-1-2-4-12/h5-6,15,17H,1-4,7H2. The highest BCUT2D eigenvalue weighted by molar-refractivity contribution is 14.1. The van der Waals surface area contributed by atoms with Crippen molar-refractivity contribution in [3.8, 4) is 0 Å². The summed E-state index contributed by atoms with van der Waals surface area (Å²) < 4.78 is 13.7. The first-order chi connectivity index (χ1) is 8.91. The molecule has 0 aliphatic heterocycles. The Morgan fingerprint density at radius 2 is 2.11 bits per heavy atom. The third-order valence-electron chi connectivity index (χ3n) is 3.38. The maximum atomic E-state index is 13.5. The van der Waals surface area contributed by atoms with Crippen molar-refractivity contribution in [2.24, 2.45) is 0 Å². The Morgan fingerprint density at radius 1 is 1.47 bits per heavy atom. The lowest BCUT2D eigenvalue weighted by atomic mass is 10.0. The molecular weight excluding hydrogens is 366 g/mol. The highest BCUT2D eigenvalue weighted by Gasteiger charge is 2.31. The molecule has 2 rings (SSSR count). The molecule has 0 spiro atoms. The third kappa shape index (κ3) is 3.33. The molecular formula is C12H14FIN2O3. The van der Waals surface area contributed by atoms with Crippen LogP contribution in [0.15, 0.2) is 12.1 Å². The molecule has 1 aliphatic rings. The molecule has 1 fully saturated rings. The highest BCUT2D eigenvalue weighted by atomic mass is 127. The maximum absolute atomic E-state index is 13.5. The number of rotatable bonds is 4. The molecule has 0 radical (unpaired) electrons. The largest absolute Gasteiger partial charge is 0.388 e. The van der Waals surface area contributed by atoms with Gasteiger partial charge in [-0.25, -0.2) is 4.39 Å². The van der Waals surface area contributed by atoms with Gasteiger partial charge in [0.15, 0.2) is 0 Å². The highest BCUT2D eigenvalue weighted by Crippen LogP contribution is 2.32. The van der Waals surface area contributed by atoms with E-state index in [1.807, 2.05) is 0 Å². The fourth-order valence-corrected chi connectivity index (χ4v) is 2.75. The Labute approximate surface area is 123 Å². The van der Waals surface area contributed by atoms with Crippen LogP contribution in [0.1, 0.15) is 25.7 Å². The van der Waals surface area contributed by atoms with E-state index >= 15 is 0 Å². The molecule has 104 valence electrons. The fraction of sp³-hybridized carbons (Fsp3) is 0.500. The molecule has 7 heteroatoms. The van der Waals surface area contributed by atoms with Crippen molar-refractivity contribution >= 4 is 34.0 Å².